The van der Waals surface area contributed by atoms with Crippen LogP contribution in [-0.2, 0) is 14.3 Å². The molecular weight excluding hydrogens is 234 g/mol. The first-order valence-corrected chi connectivity index (χ1v) is 5.54. The first kappa shape index (κ1) is 12.2. The fourth-order valence-electron chi connectivity index (χ4n) is 1.57. The van der Waals surface area contributed by atoms with E-state index in [9.17, 15) is 9.59 Å². The summed E-state index contributed by atoms with van der Waals surface area (Å²) in [5, 5.41) is 2.63. The molecule has 1 N–H and O–H groups in total. The average molecular weight is 247 g/mol. The Morgan fingerprint density at radius 1 is 1.22 bits per heavy atom. The first-order valence-electron chi connectivity index (χ1n) is 5.54. The second-order valence-electron chi connectivity index (χ2n) is 3.76. The van der Waals surface area contributed by atoms with Crippen LogP contribution in [0.3, 0.4) is 0 Å². The number of amides is 1. The number of para-hydroxylation sites is 1. The van der Waals surface area contributed by atoms with Crippen molar-refractivity contribution in [3.63, 3.8) is 0 Å². The number of hydrogen-bond donors (Lipinski definition) is 1. The molecule has 0 atom stereocenters. The van der Waals surface area contributed by atoms with Gasteiger partial charge in [0.15, 0.2) is 5.78 Å². The van der Waals surface area contributed by atoms with Crippen molar-refractivity contribution in [1.82, 2.24) is 0 Å². The zero-order valence-electron chi connectivity index (χ0n) is 9.93. The number of benzene rings is 1. The maximum absolute atomic E-state index is 11.8. The van der Waals surface area contributed by atoms with Crippen molar-refractivity contribution in [3.8, 4) is 0 Å². The van der Waals surface area contributed by atoms with Crippen molar-refractivity contribution in [2.45, 2.75) is 6.92 Å². The van der Waals surface area contributed by atoms with Gasteiger partial charge in [0.05, 0.1) is 5.69 Å². The van der Waals surface area contributed by atoms with Crippen molar-refractivity contribution >= 4 is 17.4 Å². The maximum Gasteiger partial charge on any atom is 0.294 e. The summed E-state index contributed by atoms with van der Waals surface area (Å²) in [6.07, 6.45) is 1.27. The van der Waals surface area contributed by atoms with Crippen molar-refractivity contribution in [2.24, 2.45) is 0 Å². The Morgan fingerprint density at radius 3 is 2.67 bits per heavy atom. The summed E-state index contributed by atoms with van der Waals surface area (Å²) in [5.74, 6) is -0.427. The highest BCUT2D eigenvalue weighted by Gasteiger charge is 2.17. The fourth-order valence-corrected chi connectivity index (χ4v) is 1.57. The Hall–Kier alpha value is -2.30. The molecule has 0 unspecified atom stereocenters. The molecule has 94 valence electrons. The van der Waals surface area contributed by atoms with Crippen LogP contribution >= 0.6 is 0 Å². The molecule has 0 spiro atoms. The van der Waals surface area contributed by atoms with E-state index in [1.165, 1.54) is 13.2 Å². The van der Waals surface area contributed by atoms with E-state index >= 15 is 0 Å². The number of hydrogen-bond acceptors (Lipinski definition) is 4. The van der Waals surface area contributed by atoms with E-state index in [-0.39, 0.29) is 11.5 Å². The second kappa shape index (κ2) is 5.35. The molecule has 0 saturated carbocycles. The number of rotatable bonds is 3. The van der Waals surface area contributed by atoms with Crippen LogP contribution in [0.25, 0.3) is 0 Å². The van der Waals surface area contributed by atoms with Crippen LogP contribution in [0.5, 0.6) is 0 Å². The molecule has 5 nitrogen and oxygen atoms in total. The third-order valence-corrected chi connectivity index (χ3v) is 2.43. The lowest BCUT2D eigenvalue weighted by Gasteiger charge is -2.15. The zero-order chi connectivity index (χ0) is 13.0. The molecule has 1 heterocycles. The minimum atomic E-state index is -0.427. The molecule has 1 aromatic rings. The number of carbonyl (C=O) groups excluding carboxylic acids is 2. The van der Waals surface area contributed by atoms with E-state index in [0.29, 0.717) is 24.5 Å². The number of nitrogens with one attached hydrogen (secondary N) is 1. The normalized spacial score (nSPS) is 13.9. The number of carbonyl (C=O) groups is 2. The zero-order valence-corrected chi connectivity index (χ0v) is 9.93. The molecule has 0 aromatic heterocycles. The third kappa shape index (κ3) is 2.68. The SMILES string of the molecule is CC(=O)c1ccccc1NC(=O)C1=COCCO1. The van der Waals surface area contributed by atoms with E-state index < -0.39 is 5.91 Å². The summed E-state index contributed by atoms with van der Waals surface area (Å²) < 4.78 is 10.2. The topological polar surface area (TPSA) is 64.6 Å². The van der Waals surface area contributed by atoms with Gasteiger partial charge in [0, 0.05) is 5.56 Å². The summed E-state index contributed by atoms with van der Waals surface area (Å²) in [7, 11) is 0. The van der Waals surface area contributed by atoms with Crippen molar-refractivity contribution < 1.29 is 19.1 Å². The average Bonchev–Trinajstić information content (AvgIpc) is 2.40. The lowest BCUT2D eigenvalue weighted by molar-refractivity contribution is -0.117. The van der Waals surface area contributed by atoms with Crippen molar-refractivity contribution in [1.29, 1.82) is 0 Å². The molecule has 0 bridgehead atoms. The summed E-state index contributed by atoms with van der Waals surface area (Å²) in [5.41, 5.74) is 0.924. The van der Waals surface area contributed by atoms with E-state index in [1.807, 2.05) is 0 Å². The quantitative estimate of drug-likeness (QED) is 0.826. The Morgan fingerprint density at radius 2 is 2.00 bits per heavy atom. The van der Waals surface area contributed by atoms with Gasteiger partial charge in [0.25, 0.3) is 5.91 Å². The van der Waals surface area contributed by atoms with Crippen LogP contribution in [0.2, 0.25) is 0 Å². The van der Waals surface area contributed by atoms with Crippen LogP contribution in [0.15, 0.2) is 36.3 Å². The first-order chi connectivity index (χ1) is 8.68. The van der Waals surface area contributed by atoms with Gasteiger partial charge in [-0.2, -0.15) is 0 Å². The molecule has 1 aliphatic heterocycles. The number of Topliss-reactive ketones (excluding diaryl/α,β-unsaturated/α-hetero) is 1. The van der Waals surface area contributed by atoms with Gasteiger partial charge in [0.1, 0.15) is 19.5 Å². The predicted octanol–water partition coefficient (Wildman–Crippen LogP) is 1.72. The van der Waals surface area contributed by atoms with Gasteiger partial charge in [0.2, 0.25) is 5.76 Å². The second-order valence-corrected chi connectivity index (χ2v) is 3.76. The minimum absolute atomic E-state index is 0.110. The number of ketones is 1. The van der Waals surface area contributed by atoms with Gasteiger partial charge in [-0.05, 0) is 19.1 Å². The molecule has 1 aromatic carbocycles. The number of anilines is 1. The summed E-state index contributed by atoms with van der Waals surface area (Å²) in [6, 6.07) is 6.81. The Bertz CT molecular complexity index is 507. The Labute approximate surface area is 104 Å². The highest BCUT2D eigenvalue weighted by molar-refractivity contribution is 6.07. The third-order valence-electron chi connectivity index (χ3n) is 2.43. The monoisotopic (exact) mass is 247 g/mol. The molecule has 0 saturated heterocycles. The van der Waals surface area contributed by atoms with Crippen LogP contribution in [0, 0.1) is 0 Å². The molecule has 0 radical (unpaired) electrons. The summed E-state index contributed by atoms with van der Waals surface area (Å²) in [6.45, 7) is 2.22. The molecule has 5 heteroatoms. The van der Waals surface area contributed by atoms with E-state index in [4.69, 9.17) is 9.47 Å². The van der Waals surface area contributed by atoms with Crippen molar-refractivity contribution in [3.05, 3.63) is 41.9 Å². The molecular formula is C13H13NO4. The molecule has 0 fully saturated rings. The molecule has 2 rings (SSSR count). The lowest BCUT2D eigenvalue weighted by Crippen LogP contribution is -2.22. The van der Waals surface area contributed by atoms with E-state index in [2.05, 4.69) is 5.32 Å². The van der Waals surface area contributed by atoms with Gasteiger partial charge in [-0.25, -0.2) is 0 Å². The summed E-state index contributed by atoms with van der Waals surface area (Å²) in [4.78, 5) is 23.2. The van der Waals surface area contributed by atoms with Crippen molar-refractivity contribution in [2.75, 3.05) is 18.5 Å². The largest absolute Gasteiger partial charge is 0.494 e. The molecule has 1 aliphatic rings. The van der Waals surface area contributed by atoms with Gasteiger partial charge >= 0.3 is 0 Å². The number of ether oxygens (including phenoxy) is 2. The molecule has 0 aliphatic carbocycles. The molecule has 1 amide bonds. The smallest absolute Gasteiger partial charge is 0.294 e. The minimum Gasteiger partial charge on any atom is -0.494 e. The Kier molecular flexibility index (Phi) is 3.62. The van der Waals surface area contributed by atoms with Crippen LogP contribution in [0.4, 0.5) is 5.69 Å². The maximum atomic E-state index is 11.8. The van der Waals surface area contributed by atoms with Gasteiger partial charge < -0.3 is 14.8 Å². The van der Waals surface area contributed by atoms with Gasteiger partial charge in [-0.15, -0.1) is 0 Å². The fraction of sp³-hybridized carbons (Fsp3) is 0.231. The Balaban J connectivity index is 2.16. The standard InChI is InChI=1S/C13H13NO4/c1-9(15)10-4-2-3-5-11(10)14-13(16)12-8-17-6-7-18-12/h2-5,8H,6-7H2,1H3,(H,14,16). The highest BCUT2D eigenvalue weighted by Crippen LogP contribution is 2.17. The van der Waals surface area contributed by atoms with E-state index in [0.717, 1.165) is 0 Å². The highest BCUT2D eigenvalue weighted by atomic mass is 16.6. The van der Waals surface area contributed by atoms with Gasteiger partial charge in [-0.1, -0.05) is 12.1 Å². The van der Waals surface area contributed by atoms with Crippen LogP contribution in [0.1, 0.15) is 17.3 Å². The van der Waals surface area contributed by atoms with Crippen LogP contribution in [-0.4, -0.2) is 24.9 Å². The van der Waals surface area contributed by atoms with Gasteiger partial charge in [-0.3, -0.25) is 9.59 Å². The molecule has 18 heavy (non-hydrogen) atoms. The summed E-state index contributed by atoms with van der Waals surface area (Å²) >= 11 is 0. The predicted molar refractivity (Wildman–Crippen MR) is 65.1 cm³/mol. The van der Waals surface area contributed by atoms with E-state index in [1.54, 1.807) is 24.3 Å². The van der Waals surface area contributed by atoms with Crippen LogP contribution < -0.4 is 5.32 Å². The lowest BCUT2D eigenvalue weighted by atomic mass is 10.1.